The van der Waals surface area contributed by atoms with E-state index in [1.807, 2.05) is 13.0 Å². The van der Waals surface area contributed by atoms with E-state index in [2.05, 4.69) is 13.0 Å². The first-order valence-electron chi connectivity index (χ1n) is 12.5. The van der Waals surface area contributed by atoms with Crippen molar-refractivity contribution in [2.75, 3.05) is 13.2 Å². The minimum atomic E-state index is -0.976. The van der Waals surface area contributed by atoms with Gasteiger partial charge in [-0.25, -0.2) is 0 Å². The topological polar surface area (TPSA) is 18.5 Å². The lowest BCUT2D eigenvalue weighted by molar-refractivity contribution is 0.152. The summed E-state index contributed by atoms with van der Waals surface area (Å²) in [4.78, 5) is 0. The largest absolute Gasteiger partial charge is 0.490 e. The van der Waals surface area contributed by atoms with Gasteiger partial charge >= 0.3 is 0 Å². The van der Waals surface area contributed by atoms with E-state index in [0.29, 0.717) is 12.5 Å². The van der Waals surface area contributed by atoms with Crippen molar-refractivity contribution >= 4 is 0 Å². The van der Waals surface area contributed by atoms with Crippen molar-refractivity contribution in [1.29, 1.82) is 0 Å². The van der Waals surface area contributed by atoms with Gasteiger partial charge in [-0.05, 0) is 80.8 Å². The smallest absolute Gasteiger partial charge is 0.204 e. The van der Waals surface area contributed by atoms with E-state index in [1.165, 1.54) is 76.3 Å². The molecule has 0 saturated heterocycles. The second-order valence-electron chi connectivity index (χ2n) is 9.52. The molecule has 3 rings (SSSR count). The van der Waals surface area contributed by atoms with Crippen LogP contribution in [0.3, 0.4) is 0 Å². The summed E-state index contributed by atoms with van der Waals surface area (Å²) >= 11 is 0. The third kappa shape index (κ3) is 6.95. The van der Waals surface area contributed by atoms with Crippen LogP contribution >= 0.6 is 0 Å². The molecule has 0 unspecified atom stereocenters. The molecule has 2 aliphatic carbocycles. The summed E-state index contributed by atoms with van der Waals surface area (Å²) in [5, 5.41) is 0. The molecule has 0 bridgehead atoms. The van der Waals surface area contributed by atoms with E-state index < -0.39 is 11.6 Å². The van der Waals surface area contributed by atoms with E-state index >= 15 is 0 Å². The van der Waals surface area contributed by atoms with Gasteiger partial charge in [0.1, 0.15) is 6.61 Å². The van der Waals surface area contributed by atoms with Crippen molar-refractivity contribution < 1.29 is 18.3 Å². The Morgan fingerprint density at radius 1 is 0.806 bits per heavy atom. The summed E-state index contributed by atoms with van der Waals surface area (Å²) in [6.45, 7) is 4.84. The lowest BCUT2D eigenvalue weighted by atomic mass is 9.69. The zero-order chi connectivity index (χ0) is 22.1. The van der Waals surface area contributed by atoms with E-state index in [1.54, 1.807) is 0 Å². The first-order chi connectivity index (χ1) is 15.1. The highest BCUT2D eigenvalue weighted by atomic mass is 19.2. The Morgan fingerprint density at radius 3 is 1.97 bits per heavy atom. The van der Waals surface area contributed by atoms with Gasteiger partial charge in [0.2, 0.25) is 11.6 Å². The second kappa shape index (κ2) is 12.5. The van der Waals surface area contributed by atoms with Gasteiger partial charge in [-0.3, -0.25) is 0 Å². The Labute approximate surface area is 187 Å². The Hall–Kier alpha value is -1.58. The highest BCUT2D eigenvalue weighted by Crippen LogP contribution is 2.42. The second-order valence-corrected chi connectivity index (χ2v) is 9.52. The Kier molecular flexibility index (Phi) is 9.67. The molecule has 1 aromatic rings. The molecule has 0 heterocycles. The normalized spacial score (nSPS) is 26.8. The molecule has 0 N–H and O–H groups in total. The lowest BCUT2D eigenvalue weighted by Crippen LogP contribution is -2.25. The molecule has 2 saturated carbocycles. The molecule has 31 heavy (non-hydrogen) atoms. The highest BCUT2D eigenvalue weighted by Gasteiger charge is 2.30. The van der Waals surface area contributed by atoms with E-state index in [0.717, 1.165) is 24.2 Å². The van der Waals surface area contributed by atoms with Crippen LogP contribution in [0.25, 0.3) is 0 Å². The van der Waals surface area contributed by atoms with Crippen molar-refractivity contribution in [3.05, 3.63) is 35.9 Å². The number of allylic oxidation sites excluding steroid dienone is 1. The molecule has 0 amide bonds. The maximum absolute atomic E-state index is 14.2. The molecule has 174 valence electrons. The Balaban J connectivity index is 1.38. The third-order valence-corrected chi connectivity index (χ3v) is 7.29. The third-order valence-electron chi connectivity index (χ3n) is 7.29. The van der Waals surface area contributed by atoms with E-state index in [-0.39, 0.29) is 18.1 Å². The van der Waals surface area contributed by atoms with Gasteiger partial charge in [0, 0.05) is 0 Å². The van der Waals surface area contributed by atoms with Crippen LogP contribution in [0.15, 0.2) is 24.3 Å². The van der Waals surface area contributed by atoms with Crippen LogP contribution < -0.4 is 9.47 Å². The fourth-order valence-electron chi connectivity index (χ4n) is 5.50. The number of ether oxygens (including phenoxy) is 2. The average Bonchev–Trinajstić information content (AvgIpc) is 2.80. The van der Waals surface area contributed by atoms with Crippen molar-refractivity contribution in [2.24, 2.45) is 23.7 Å². The highest BCUT2D eigenvalue weighted by molar-refractivity contribution is 5.35. The minimum absolute atomic E-state index is 0.0575. The molecule has 2 fully saturated rings. The van der Waals surface area contributed by atoms with Crippen molar-refractivity contribution in [2.45, 2.75) is 84.5 Å². The van der Waals surface area contributed by atoms with Gasteiger partial charge in [0.15, 0.2) is 11.5 Å². The molecule has 0 aromatic heterocycles. The predicted octanol–water partition coefficient (Wildman–Crippen LogP) is 8.10. The van der Waals surface area contributed by atoms with Crippen LogP contribution in [0.1, 0.15) is 84.5 Å². The Bertz CT molecular complexity index is 687. The molecule has 0 spiro atoms. The Morgan fingerprint density at radius 2 is 1.39 bits per heavy atom. The fourth-order valence-corrected chi connectivity index (χ4v) is 5.50. The van der Waals surface area contributed by atoms with Crippen LogP contribution in [-0.4, -0.2) is 13.2 Å². The summed E-state index contributed by atoms with van der Waals surface area (Å²) in [5.41, 5.74) is 0. The number of benzene rings is 1. The molecular formula is C27H40F2O2. The standard InChI is InChI=1S/C27H40F2O2/c1-3-6-20-8-12-22(13-9-20)23-14-10-21(11-15-23)7-5-19-31-25-17-16-24(30-18-4-2)26(28)27(25)29/h5,7,16-17,20-23H,3-4,6,8-15,18-19H2,1-2H3. The summed E-state index contributed by atoms with van der Waals surface area (Å²) in [6, 6.07) is 2.88. The number of halogens is 2. The number of rotatable bonds is 10. The first kappa shape index (κ1) is 24.1. The number of hydrogen-bond donors (Lipinski definition) is 0. The maximum Gasteiger partial charge on any atom is 0.204 e. The van der Waals surface area contributed by atoms with Crippen molar-refractivity contribution in [3.8, 4) is 11.5 Å². The van der Waals surface area contributed by atoms with Gasteiger partial charge in [-0.2, -0.15) is 8.78 Å². The van der Waals surface area contributed by atoms with Crippen LogP contribution in [0.5, 0.6) is 11.5 Å². The zero-order valence-corrected chi connectivity index (χ0v) is 19.4. The molecule has 1 aromatic carbocycles. The van der Waals surface area contributed by atoms with Crippen LogP contribution in [0.4, 0.5) is 8.78 Å². The van der Waals surface area contributed by atoms with Gasteiger partial charge in [-0.15, -0.1) is 0 Å². The van der Waals surface area contributed by atoms with Gasteiger partial charge in [0.05, 0.1) is 6.61 Å². The first-order valence-corrected chi connectivity index (χ1v) is 12.5. The van der Waals surface area contributed by atoms with Crippen molar-refractivity contribution in [1.82, 2.24) is 0 Å². The predicted molar refractivity (Wildman–Crippen MR) is 123 cm³/mol. The SMILES string of the molecule is CCCOc1ccc(OCC=CC2CCC(C3CCC(CCC)CC3)CC2)c(F)c1F. The van der Waals surface area contributed by atoms with Crippen LogP contribution in [0, 0.1) is 35.3 Å². The van der Waals surface area contributed by atoms with E-state index in [4.69, 9.17) is 9.47 Å². The number of hydrogen-bond acceptors (Lipinski definition) is 2. The fraction of sp³-hybridized carbons (Fsp3) is 0.704. The monoisotopic (exact) mass is 434 g/mol. The average molecular weight is 435 g/mol. The van der Waals surface area contributed by atoms with Gasteiger partial charge in [0.25, 0.3) is 0 Å². The van der Waals surface area contributed by atoms with Gasteiger partial charge in [-0.1, -0.05) is 51.7 Å². The molecule has 2 nitrogen and oxygen atoms in total. The quantitative estimate of drug-likeness (QED) is 0.346. The van der Waals surface area contributed by atoms with Crippen LogP contribution in [0.2, 0.25) is 0 Å². The molecule has 2 aliphatic rings. The lowest BCUT2D eigenvalue weighted by Gasteiger charge is -2.37. The van der Waals surface area contributed by atoms with E-state index in [9.17, 15) is 8.78 Å². The molecule has 0 radical (unpaired) electrons. The summed E-state index contributed by atoms with van der Waals surface area (Å²) in [7, 11) is 0. The van der Waals surface area contributed by atoms with Crippen LogP contribution in [-0.2, 0) is 0 Å². The molecule has 0 atom stereocenters. The molecule has 4 heteroatoms. The van der Waals surface area contributed by atoms with Crippen molar-refractivity contribution in [3.63, 3.8) is 0 Å². The summed E-state index contributed by atoms with van der Waals surface area (Å²) in [6.07, 6.45) is 18.6. The minimum Gasteiger partial charge on any atom is -0.490 e. The zero-order valence-electron chi connectivity index (χ0n) is 19.4. The molecule has 0 aliphatic heterocycles. The maximum atomic E-state index is 14.2. The summed E-state index contributed by atoms with van der Waals surface area (Å²) in [5.74, 6) is 1.36. The molecular weight excluding hydrogens is 394 g/mol. The summed E-state index contributed by atoms with van der Waals surface area (Å²) < 4.78 is 38.9. The van der Waals surface area contributed by atoms with Gasteiger partial charge < -0.3 is 9.47 Å².